The first-order valence-electron chi connectivity index (χ1n) is 5.98. The molecule has 1 fully saturated rings. The maximum atomic E-state index is 13.3. The smallest absolute Gasteiger partial charge is 0.131 e. The number of ether oxygens (including phenoxy) is 1. The fraction of sp³-hybridized carbons (Fsp3) is 0.538. The molecule has 0 spiro atoms. The minimum atomic E-state index is -0.553. The van der Waals surface area contributed by atoms with E-state index in [1.54, 1.807) is 0 Å². The Bertz CT molecular complexity index is 364. The van der Waals surface area contributed by atoms with Crippen LogP contribution in [0.3, 0.4) is 0 Å². The second-order valence-electron chi connectivity index (χ2n) is 4.46. The molecule has 1 unspecified atom stereocenters. The molecular weight excluding hydrogens is 224 g/mol. The number of hydrogen-bond donors (Lipinski definition) is 1. The SMILES string of the molecule is Fc1ccc(COCC2CCCNC2)c(F)c1. The van der Waals surface area contributed by atoms with Crippen molar-refractivity contribution in [1.29, 1.82) is 0 Å². The predicted octanol–water partition coefficient (Wildman–Crippen LogP) is 2.48. The Kier molecular flexibility index (Phi) is 4.45. The van der Waals surface area contributed by atoms with Gasteiger partial charge >= 0.3 is 0 Å². The van der Waals surface area contributed by atoms with E-state index in [4.69, 9.17) is 4.74 Å². The third-order valence-corrected chi connectivity index (χ3v) is 3.03. The van der Waals surface area contributed by atoms with E-state index < -0.39 is 11.6 Å². The molecule has 94 valence electrons. The van der Waals surface area contributed by atoms with Crippen LogP contribution < -0.4 is 5.32 Å². The molecule has 1 aliphatic heterocycles. The largest absolute Gasteiger partial charge is 0.376 e. The first kappa shape index (κ1) is 12.5. The maximum Gasteiger partial charge on any atom is 0.131 e. The lowest BCUT2D eigenvalue weighted by Gasteiger charge is -2.22. The molecule has 1 aromatic rings. The highest BCUT2D eigenvalue weighted by atomic mass is 19.1. The van der Waals surface area contributed by atoms with Gasteiger partial charge in [0.05, 0.1) is 13.2 Å². The zero-order chi connectivity index (χ0) is 12.1. The van der Waals surface area contributed by atoms with Gasteiger partial charge < -0.3 is 10.1 Å². The lowest BCUT2D eigenvalue weighted by Crippen LogP contribution is -2.32. The summed E-state index contributed by atoms with van der Waals surface area (Å²) in [6, 6.07) is 3.58. The number of hydrogen-bond acceptors (Lipinski definition) is 2. The molecule has 0 amide bonds. The minimum absolute atomic E-state index is 0.211. The summed E-state index contributed by atoms with van der Waals surface area (Å²) < 4.78 is 31.4. The number of halogens is 2. The molecule has 1 aromatic carbocycles. The zero-order valence-electron chi connectivity index (χ0n) is 9.72. The zero-order valence-corrected chi connectivity index (χ0v) is 9.72. The Morgan fingerprint density at radius 3 is 2.94 bits per heavy atom. The summed E-state index contributed by atoms with van der Waals surface area (Å²) >= 11 is 0. The van der Waals surface area contributed by atoms with Gasteiger partial charge in [0, 0.05) is 18.2 Å². The molecule has 0 saturated carbocycles. The Labute approximate surface area is 100.0 Å². The molecule has 1 N–H and O–H groups in total. The molecule has 0 aliphatic carbocycles. The van der Waals surface area contributed by atoms with Gasteiger partial charge in [-0.05, 0) is 31.4 Å². The first-order chi connectivity index (χ1) is 8.25. The molecule has 0 radical (unpaired) electrons. The van der Waals surface area contributed by atoms with Gasteiger partial charge in [-0.1, -0.05) is 6.07 Å². The number of piperidine rings is 1. The van der Waals surface area contributed by atoms with Gasteiger partial charge in [-0.3, -0.25) is 0 Å². The highest BCUT2D eigenvalue weighted by molar-refractivity contribution is 5.17. The Morgan fingerprint density at radius 2 is 2.24 bits per heavy atom. The van der Waals surface area contributed by atoms with Crippen LogP contribution in [0.1, 0.15) is 18.4 Å². The summed E-state index contributed by atoms with van der Waals surface area (Å²) in [5.74, 6) is -0.582. The van der Waals surface area contributed by atoms with Gasteiger partial charge in [0.2, 0.25) is 0 Å². The van der Waals surface area contributed by atoms with E-state index in [0.29, 0.717) is 18.1 Å². The third-order valence-electron chi connectivity index (χ3n) is 3.03. The van der Waals surface area contributed by atoms with Crippen LogP contribution in [-0.4, -0.2) is 19.7 Å². The van der Waals surface area contributed by atoms with Crippen LogP contribution in [0.5, 0.6) is 0 Å². The van der Waals surface area contributed by atoms with Gasteiger partial charge in [0.1, 0.15) is 11.6 Å². The molecule has 2 nitrogen and oxygen atoms in total. The van der Waals surface area contributed by atoms with E-state index in [1.807, 2.05) is 0 Å². The monoisotopic (exact) mass is 241 g/mol. The third kappa shape index (κ3) is 3.75. The van der Waals surface area contributed by atoms with Gasteiger partial charge in [-0.15, -0.1) is 0 Å². The standard InChI is InChI=1S/C13H17F2NO/c14-12-4-3-11(13(15)6-12)9-17-8-10-2-1-5-16-7-10/h3-4,6,10,16H,1-2,5,7-9H2. The van der Waals surface area contributed by atoms with Crippen molar-refractivity contribution in [3.8, 4) is 0 Å². The molecule has 2 rings (SSSR count). The van der Waals surface area contributed by atoms with Crippen molar-refractivity contribution in [2.75, 3.05) is 19.7 Å². The van der Waals surface area contributed by atoms with E-state index in [2.05, 4.69) is 5.32 Å². The fourth-order valence-electron chi connectivity index (χ4n) is 2.04. The summed E-state index contributed by atoms with van der Waals surface area (Å²) in [7, 11) is 0. The van der Waals surface area contributed by atoms with Crippen LogP contribution in [0.2, 0.25) is 0 Å². The molecular formula is C13H17F2NO. The summed E-state index contributed by atoms with van der Waals surface area (Å²) in [4.78, 5) is 0. The van der Waals surface area contributed by atoms with E-state index in [9.17, 15) is 8.78 Å². The maximum absolute atomic E-state index is 13.3. The highest BCUT2D eigenvalue weighted by Crippen LogP contribution is 2.13. The van der Waals surface area contributed by atoms with Crippen LogP contribution in [0.25, 0.3) is 0 Å². The molecule has 0 aromatic heterocycles. The molecule has 1 aliphatic rings. The molecule has 1 saturated heterocycles. The topological polar surface area (TPSA) is 21.3 Å². The summed E-state index contributed by atoms with van der Waals surface area (Å²) in [6.45, 7) is 2.88. The minimum Gasteiger partial charge on any atom is -0.376 e. The molecule has 4 heteroatoms. The van der Waals surface area contributed by atoms with Crippen LogP contribution in [0.15, 0.2) is 18.2 Å². The fourth-order valence-corrected chi connectivity index (χ4v) is 2.04. The number of benzene rings is 1. The number of rotatable bonds is 4. The van der Waals surface area contributed by atoms with Crippen molar-refractivity contribution in [2.45, 2.75) is 19.4 Å². The highest BCUT2D eigenvalue weighted by Gasteiger charge is 2.13. The lowest BCUT2D eigenvalue weighted by molar-refractivity contribution is 0.0765. The molecule has 1 atom stereocenters. The van der Waals surface area contributed by atoms with E-state index >= 15 is 0 Å². The predicted molar refractivity (Wildman–Crippen MR) is 61.6 cm³/mol. The second-order valence-corrected chi connectivity index (χ2v) is 4.46. The second kappa shape index (κ2) is 6.07. The van der Waals surface area contributed by atoms with Crippen LogP contribution in [-0.2, 0) is 11.3 Å². The van der Waals surface area contributed by atoms with Gasteiger partial charge in [-0.2, -0.15) is 0 Å². The molecule has 0 bridgehead atoms. The van der Waals surface area contributed by atoms with Gasteiger partial charge in [0.15, 0.2) is 0 Å². The Morgan fingerprint density at radius 1 is 1.35 bits per heavy atom. The summed E-state index contributed by atoms with van der Waals surface area (Å²) in [5.41, 5.74) is 0.412. The first-order valence-corrected chi connectivity index (χ1v) is 5.98. The van der Waals surface area contributed by atoms with Crippen molar-refractivity contribution >= 4 is 0 Å². The van der Waals surface area contributed by atoms with Crippen molar-refractivity contribution in [2.24, 2.45) is 5.92 Å². The Balaban J connectivity index is 1.77. The average molecular weight is 241 g/mol. The van der Waals surface area contributed by atoms with E-state index in [0.717, 1.165) is 25.6 Å². The van der Waals surface area contributed by atoms with Crippen molar-refractivity contribution in [3.63, 3.8) is 0 Å². The van der Waals surface area contributed by atoms with Crippen molar-refractivity contribution < 1.29 is 13.5 Å². The van der Waals surface area contributed by atoms with Gasteiger partial charge in [0.25, 0.3) is 0 Å². The summed E-state index contributed by atoms with van der Waals surface area (Å²) in [5, 5.41) is 3.30. The lowest BCUT2D eigenvalue weighted by atomic mass is 10.0. The van der Waals surface area contributed by atoms with E-state index in [1.165, 1.54) is 18.6 Å². The number of nitrogens with one attached hydrogen (secondary N) is 1. The van der Waals surface area contributed by atoms with Crippen molar-refractivity contribution in [1.82, 2.24) is 5.32 Å². The normalized spacial score (nSPS) is 20.5. The van der Waals surface area contributed by atoms with Gasteiger partial charge in [-0.25, -0.2) is 8.78 Å². The quantitative estimate of drug-likeness (QED) is 0.874. The summed E-state index contributed by atoms with van der Waals surface area (Å²) in [6.07, 6.45) is 2.32. The molecule has 17 heavy (non-hydrogen) atoms. The Hall–Kier alpha value is -1.00. The van der Waals surface area contributed by atoms with Crippen molar-refractivity contribution in [3.05, 3.63) is 35.4 Å². The van der Waals surface area contributed by atoms with Crippen LogP contribution >= 0.6 is 0 Å². The average Bonchev–Trinajstić information content (AvgIpc) is 2.33. The van der Waals surface area contributed by atoms with Crippen LogP contribution in [0, 0.1) is 17.6 Å². The molecule has 1 heterocycles. The van der Waals surface area contributed by atoms with Crippen LogP contribution in [0.4, 0.5) is 8.78 Å². The van der Waals surface area contributed by atoms with E-state index in [-0.39, 0.29) is 6.61 Å².